The van der Waals surface area contributed by atoms with Crippen LogP contribution < -0.4 is 10.1 Å². The Morgan fingerprint density at radius 3 is 2.76 bits per heavy atom. The van der Waals surface area contributed by atoms with E-state index in [0.29, 0.717) is 29.5 Å². The first kappa shape index (κ1) is 17.5. The van der Waals surface area contributed by atoms with Crippen LogP contribution in [0.1, 0.15) is 29.4 Å². The maximum absolute atomic E-state index is 12.9. The Kier molecular flexibility index (Phi) is 4.08. The van der Waals surface area contributed by atoms with Crippen LogP contribution in [0.15, 0.2) is 48.5 Å². The van der Waals surface area contributed by atoms with Gasteiger partial charge in [0.05, 0.1) is 35.1 Å². The predicted octanol–water partition coefficient (Wildman–Crippen LogP) is 4.27. The number of hydrogen-bond acceptors (Lipinski definition) is 5. The van der Waals surface area contributed by atoms with Gasteiger partial charge in [0.2, 0.25) is 5.95 Å². The van der Waals surface area contributed by atoms with Gasteiger partial charge < -0.3 is 15.0 Å². The van der Waals surface area contributed by atoms with Crippen molar-refractivity contribution in [3.63, 3.8) is 0 Å². The largest absolute Gasteiger partial charge is 0.495 e. The molecular weight excluding hydrogens is 366 g/mol. The Balaban J connectivity index is 1.66. The van der Waals surface area contributed by atoms with Crippen LogP contribution in [0.2, 0.25) is 0 Å². The Labute approximate surface area is 167 Å². The van der Waals surface area contributed by atoms with Crippen LogP contribution in [0.4, 0.5) is 11.5 Å². The van der Waals surface area contributed by atoms with Crippen molar-refractivity contribution < 1.29 is 9.53 Å². The van der Waals surface area contributed by atoms with E-state index in [0.717, 1.165) is 28.8 Å². The number of methoxy groups -OCH3 is 1. The van der Waals surface area contributed by atoms with Crippen molar-refractivity contribution in [2.75, 3.05) is 12.4 Å². The third-order valence-electron chi connectivity index (χ3n) is 5.27. The summed E-state index contributed by atoms with van der Waals surface area (Å²) in [5.41, 5.74) is 4.07. The number of H-pyrrole nitrogens is 1. The van der Waals surface area contributed by atoms with Crippen molar-refractivity contribution in [3.05, 3.63) is 59.8 Å². The van der Waals surface area contributed by atoms with E-state index >= 15 is 0 Å². The molecule has 146 valence electrons. The summed E-state index contributed by atoms with van der Waals surface area (Å²) < 4.78 is 7.20. The first-order valence-corrected chi connectivity index (χ1v) is 9.64. The molecule has 0 aliphatic heterocycles. The Morgan fingerprint density at radius 1 is 1.14 bits per heavy atom. The summed E-state index contributed by atoms with van der Waals surface area (Å²) in [5.74, 6) is 2.18. The number of nitrogens with zero attached hydrogens (tertiary/aromatic N) is 3. The first-order chi connectivity index (χ1) is 14.1. The first-order valence-electron chi connectivity index (χ1n) is 9.64. The van der Waals surface area contributed by atoms with Gasteiger partial charge in [0.15, 0.2) is 11.6 Å². The van der Waals surface area contributed by atoms with Gasteiger partial charge in [0.25, 0.3) is 0 Å². The number of fused-ring (bicyclic) bond motifs is 2. The minimum atomic E-state index is 0.0958. The van der Waals surface area contributed by atoms with E-state index in [-0.39, 0.29) is 11.7 Å². The molecule has 0 saturated carbocycles. The molecule has 5 rings (SSSR count). The fraction of sp³-hybridized carbons (Fsp3) is 0.227. The SMILES string of the molecule is COc1ccccc1Nc1nn(-c2nc3ccccc3[nH]2)c2c1C(=O)CC(C)C2. The number of benzene rings is 2. The van der Waals surface area contributed by atoms with E-state index in [1.165, 1.54) is 0 Å². The van der Waals surface area contributed by atoms with Crippen molar-refractivity contribution in [1.29, 1.82) is 0 Å². The van der Waals surface area contributed by atoms with Crippen molar-refractivity contribution in [2.45, 2.75) is 19.8 Å². The van der Waals surface area contributed by atoms with Crippen LogP contribution in [-0.2, 0) is 6.42 Å². The summed E-state index contributed by atoms with van der Waals surface area (Å²) >= 11 is 0. The van der Waals surface area contributed by atoms with E-state index in [1.807, 2.05) is 48.5 Å². The minimum Gasteiger partial charge on any atom is -0.495 e. The molecule has 2 aromatic carbocycles. The summed E-state index contributed by atoms with van der Waals surface area (Å²) in [6, 6.07) is 15.4. The lowest BCUT2D eigenvalue weighted by Crippen LogP contribution is -2.20. The number of hydrogen-bond donors (Lipinski definition) is 2. The van der Waals surface area contributed by atoms with E-state index in [1.54, 1.807) is 11.8 Å². The smallest absolute Gasteiger partial charge is 0.229 e. The Morgan fingerprint density at radius 2 is 1.93 bits per heavy atom. The van der Waals surface area contributed by atoms with E-state index < -0.39 is 0 Å². The van der Waals surface area contributed by atoms with E-state index in [4.69, 9.17) is 9.84 Å². The lowest BCUT2D eigenvalue weighted by atomic mass is 9.88. The molecule has 1 unspecified atom stereocenters. The highest BCUT2D eigenvalue weighted by molar-refractivity contribution is 6.03. The number of ether oxygens (including phenoxy) is 1. The van der Waals surface area contributed by atoms with Crippen molar-refractivity contribution in [2.24, 2.45) is 5.92 Å². The van der Waals surface area contributed by atoms with Crippen LogP contribution in [-0.4, -0.2) is 32.6 Å². The summed E-state index contributed by atoms with van der Waals surface area (Å²) in [4.78, 5) is 20.9. The molecule has 4 aromatic rings. The van der Waals surface area contributed by atoms with Crippen LogP contribution >= 0.6 is 0 Å². The molecule has 2 heterocycles. The van der Waals surface area contributed by atoms with Gasteiger partial charge in [0, 0.05) is 6.42 Å². The minimum absolute atomic E-state index is 0.0958. The number of aromatic amines is 1. The maximum Gasteiger partial charge on any atom is 0.229 e. The summed E-state index contributed by atoms with van der Waals surface area (Å²) in [6.07, 6.45) is 1.28. The number of rotatable bonds is 4. The van der Waals surface area contributed by atoms with Gasteiger partial charge >= 0.3 is 0 Å². The van der Waals surface area contributed by atoms with E-state index in [2.05, 4.69) is 22.2 Å². The van der Waals surface area contributed by atoms with Crippen LogP contribution in [0.3, 0.4) is 0 Å². The molecule has 1 aliphatic carbocycles. The fourth-order valence-corrected chi connectivity index (χ4v) is 3.93. The highest BCUT2D eigenvalue weighted by atomic mass is 16.5. The van der Waals surface area contributed by atoms with Gasteiger partial charge in [-0.2, -0.15) is 0 Å². The van der Waals surface area contributed by atoms with Gasteiger partial charge in [-0.3, -0.25) is 4.79 Å². The summed E-state index contributed by atoms with van der Waals surface area (Å²) in [5, 5.41) is 8.05. The topological polar surface area (TPSA) is 84.8 Å². The standard InChI is InChI=1S/C22H21N5O2/c1-13-11-17-20(18(28)12-13)21(23-16-9-5-6-10-19(16)29-2)26-27(17)22-24-14-7-3-4-8-15(14)25-22/h3-10,13H,11-12H2,1-2H3,(H,23,26)(H,24,25). The average Bonchev–Trinajstić information content (AvgIpc) is 3.30. The number of carbonyl (C=O) groups excluding carboxylic acids is 1. The van der Waals surface area contributed by atoms with Gasteiger partial charge in [0.1, 0.15) is 5.75 Å². The molecule has 0 amide bonds. The quantitative estimate of drug-likeness (QED) is 0.546. The second-order valence-corrected chi connectivity index (χ2v) is 7.42. The molecule has 0 fully saturated rings. The zero-order valence-electron chi connectivity index (χ0n) is 16.3. The third kappa shape index (κ3) is 2.95. The fourth-order valence-electron chi connectivity index (χ4n) is 3.93. The molecule has 29 heavy (non-hydrogen) atoms. The lowest BCUT2D eigenvalue weighted by molar-refractivity contribution is 0.0953. The highest BCUT2D eigenvalue weighted by Gasteiger charge is 2.32. The molecule has 7 heteroatoms. The zero-order valence-corrected chi connectivity index (χ0v) is 16.3. The lowest BCUT2D eigenvalue weighted by Gasteiger charge is -2.18. The summed E-state index contributed by atoms with van der Waals surface area (Å²) in [6.45, 7) is 2.09. The third-order valence-corrected chi connectivity index (χ3v) is 5.27. The van der Waals surface area contributed by atoms with Gasteiger partial charge in [-0.1, -0.05) is 31.2 Å². The number of aromatic nitrogens is 4. The molecule has 1 aliphatic rings. The molecule has 0 radical (unpaired) electrons. The van der Waals surface area contributed by atoms with Crippen molar-refractivity contribution in [3.8, 4) is 11.7 Å². The van der Waals surface area contributed by atoms with Crippen LogP contribution in [0, 0.1) is 5.92 Å². The number of ketones is 1. The second kappa shape index (κ2) is 6.77. The number of imidazole rings is 1. The molecule has 1 atom stereocenters. The number of anilines is 2. The van der Waals surface area contributed by atoms with Crippen LogP contribution in [0.5, 0.6) is 5.75 Å². The van der Waals surface area contributed by atoms with Gasteiger partial charge in [-0.05, 0) is 36.6 Å². The highest BCUT2D eigenvalue weighted by Crippen LogP contribution is 2.35. The summed E-state index contributed by atoms with van der Waals surface area (Å²) in [7, 11) is 1.62. The zero-order chi connectivity index (χ0) is 20.0. The molecule has 7 nitrogen and oxygen atoms in total. The molecule has 0 saturated heterocycles. The maximum atomic E-state index is 12.9. The van der Waals surface area contributed by atoms with Crippen molar-refractivity contribution >= 4 is 28.3 Å². The van der Waals surface area contributed by atoms with Gasteiger partial charge in [-0.15, -0.1) is 5.10 Å². The average molecular weight is 387 g/mol. The number of nitrogens with one attached hydrogen (secondary N) is 2. The monoisotopic (exact) mass is 387 g/mol. The Bertz CT molecular complexity index is 1190. The van der Waals surface area contributed by atoms with Gasteiger partial charge in [-0.25, -0.2) is 9.67 Å². The normalized spacial score (nSPS) is 16.1. The number of Topliss-reactive ketones (excluding diaryl/α,β-unsaturated/α-hetero) is 1. The second-order valence-electron chi connectivity index (χ2n) is 7.42. The van der Waals surface area contributed by atoms with Crippen LogP contribution in [0.25, 0.3) is 17.0 Å². The predicted molar refractivity (Wildman–Crippen MR) is 111 cm³/mol. The molecule has 0 spiro atoms. The molecule has 0 bridgehead atoms. The molecule has 2 aromatic heterocycles. The molecular formula is C22H21N5O2. The number of para-hydroxylation sites is 4. The van der Waals surface area contributed by atoms with E-state index in [9.17, 15) is 4.79 Å². The van der Waals surface area contributed by atoms with Crippen molar-refractivity contribution in [1.82, 2.24) is 19.7 Å². The molecule has 2 N–H and O–H groups in total. The Hall–Kier alpha value is -3.61. The number of carbonyl (C=O) groups is 1.